The summed E-state index contributed by atoms with van der Waals surface area (Å²) in [6, 6.07) is 8.95. The van der Waals surface area contributed by atoms with Gasteiger partial charge in [0.25, 0.3) is 0 Å². The predicted octanol–water partition coefficient (Wildman–Crippen LogP) is 3.56. The number of carbonyl (C=O) groups is 1. The molecule has 0 atom stereocenters. The molecule has 0 aliphatic heterocycles. The standard InChI is InChI=1S/C13H10BrF3N2O2/c14-11-10(6-19(18-11)8-13(15,16)17)12(20)21-7-9-4-2-1-3-5-9/h1-6H,7-8H2. The van der Waals surface area contributed by atoms with Crippen LogP contribution < -0.4 is 0 Å². The first-order chi connectivity index (χ1) is 9.85. The molecule has 0 N–H and O–H groups in total. The van der Waals surface area contributed by atoms with Gasteiger partial charge >= 0.3 is 12.1 Å². The third kappa shape index (κ3) is 4.59. The molecule has 0 bridgehead atoms. The Bertz CT molecular complexity index is 626. The van der Waals surface area contributed by atoms with Crippen LogP contribution in [-0.4, -0.2) is 21.9 Å². The summed E-state index contributed by atoms with van der Waals surface area (Å²) in [7, 11) is 0. The van der Waals surface area contributed by atoms with Crippen molar-refractivity contribution in [3.63, 3.8) is 0 Å². The second kappa shape index (κ2) is 6.30. The maximum absolute atomic E-state index is 12.3. The number of hydrogen-bond acceptors (Lipinski definition) is 3. The molecule has 1 heterocycles. The zero-order valence-electron chi connectivity index (χ0n) is 10.6. The summed E-state index contributed by atoms with van der Waals surface area (Å²) in [5, 5.41) is 3.58. The minimum Gasteiger partial charge on any atom is -0.457 e. The zero-order chi connectivity index (χ0) is 15.5. The van der Waals surface area contributed by atoms with Crippen LogP contribution in [-0.2, 0) is 17.9 Å². The van der Waals surface area contributed by atoms with Crippen LogP contribution in [0.15, 0.2) is 41.1 Å². The van der Waals surface area contributed by atoms with Crippen molar-refractivity contribution in [3.05, 3.63) is 52.3 Å². The number of nitrogens with zero attached hydrogens (tertiary/aromatic N) is 2. The van der Waals surface area contributed by atoms with Crippen LogP contribution in [0.3, 0.4) is 0 Å². The highest BCUT2D eigenvalue weighted by Gasteiger charge is 2.29. The van der Waals surface area contributed by atoms with Crippen molar-refractivity contribution in [2.75, 3.05) is 0 Å². The number of hydrogen-bond donors (Lipinski definition) is 0. The molecule has 1 aromatic heterocycles. The Balaban J connectivity index is 2.02. The Hall–Kier alpha value is -1.83. The van der Waals surface area contributed by atoms with Gasteiger partial charge < -0.3 is 4.74 Å². The zero-order valence-corrected chi connectivity index (χ0v) is 12.2. The maximum atomic E-state index is 12.3. The van der Waals surface area contributed by atoms with Gasteiger partial charge in [0.05, 0.1) is 0 Å². The number of esters is 1. The highest BCUT2D eigenvalue weighted by atomic mass is 79.9. The molecule has 0 unspecified atom stereocenters. The Kier molecular flexibility index (Phi) is 4.66. The number of benzene rings is 1. The molecule has 0 aliphatic rings. The first kappa shape index (κ1) is 15.6. The molecular weight excluding hydrogens is 353 g/mol. The topological polar surface area (TPSA) is 44.1 Å². The van der Waals surface area contributed by atoms with Crippen LogP contribution in [0.1, 0.15) is 15.9 Å². The van der Waals surface area contributed by atoms with Crippen molar-refractivity contribution in [1.29, 1.82) is 0 Å². The molecule has 0 aliphatic carbocycles. The minimum atomic E-state index is -4.41. The minimum absolute atomic E-state index is 0.0183. The summed E-state index contributed by atoms with van der Waals surface area (Å²) in [6.07, 6.45) is -3.40. The quantitative estimate of drug-likeness (QED) is 0.781. The molecular formula is C13H10BrF3N2O2. The fourth-order valence-electron chi connectivity index (χ4n) is 1.60. The smallest absolute Gasteiger partial charge is 0.408 e. The summed E-state index contributed by atoms with van der Waals surface area (Å²) < 4.78 is 42.5. The summed E-state index contributed by atoms with van der Waals surface area (Å²) in [6.45, 7) is -1.23. The number of carbonyl (C=O) groups excluding carboxylic acids is 1. The largest absolute Gasteiger partial charge is 0.457 e. The lowest BCUT2D eigenvalue weighted by atomic mass is 10.2. The van der Waals surface area contributed by atoms with Crippen molar-refractivity contribution >= 4 is 21.9 Å². The summed E-state index contributed by atoms with van der Waals surface area (Å²) in [5.74, 6) is -0.737. The second-order valence-electron chi connectivity index (χ2n) is 4.21. The summed E-state index contributed by atoms with van der Waals surface area (Å²) >= 11 is 2.95. The van der Waals surface area contributed by atoms with Gasteiger partial charge in [-0.3, -0.25) is 4.68 Å². The lowest BCUT2D eigenvalue weighted by Gasteiger charge is -2.05. The summed E-state index contributed by atoms with van der Waals surface area (Å²) in [5.41, 5.74) is 0.736. The Morgan fingerprint density at radius 3 is 2.57 bits per heavy atom. The molecule has 2 rings (SSSR count). The number of rotatable bonds is 4. The fourth-order valence-corrected chi connectivity index (χ4v) is 2.07. The molecule has 2 aromatic rings. The van der Waals surface area contributed by atoms with Gasteiger partial charge in [-0.15, -0.1) is 0 Å². The Morgan fingerprint density at radius 2 is 1.95 bits per heavy atom. The number of halogens is 4. The third-order valence-corrected chi connectivity index (χ3v) is 3.08. The van der Waals surface area contributed by atoms with Gasteiger partial charge in [0, 0.05) is 6.20 Å². The number of aromatic nitrogens is 2. The molecule has 0 saturated heterocycles. The average Bonchev–Trinajstić information content (AvgIpc) is 2.76. The molecule has 0 amide bonds. The third-order valence-electron chi connectivity index (χ3n) is 2.49. The van der Waals surface area contributed by atoms with Gasteiger partial charge in [-0.1, -0.05) is 30.3 Å². The van der Waals surface area contributed by atoms with Crippen molar-refractivity contribution in [2.24, 2.45) is 0 Å². The van der Waals surface area contributed by atoms with Crippen LogP contribution in [0.2, 0.25) is 0 Å². The average molecular weight is 363 g/mol. The number of ether oxygens (including phenoxy) is 1. The highest BCUT2D eigenvalue weighted by Crippen LogP contribution is 2.21. The van der Waals surface area contributed by atoms with E-state index < -0.39 is 18.7 Å². The van der Waals surface area contributed by atoms with Crippen LogP contribution in [0.25, 0.3) is 0 Å². The van der Waals surface area contributed by atoms with Crippen LogP contribution >= 0.6 is 15.9 Å². The maximum Gasteiger partial charge on any atom is 0.408 e. The van der Waals surface area contributed by atoms with E-state index in [2.05, 4.69) is 21.0 Å². The normalized spacial score (nSPS) is 11.4. The molecule has 8 heteroatoms. The molecule has 1 aromatic carbocycles. The lowest BCUT2D eigenvalue weighted by molar-refractivity contribution is -0.142. The van der Waals surface area contributed by atoms with Crippen LogP contribution in [0.4, 0.5) is 13.2 Å². The highest BCUT2D eigenvalue weighted by molar-refractivity contribution is 9.10. The van der Waals surface area contributed by atoms with Crippen molar-refractivity contribution in [1.82, 2.24) is 9.78 Å². The van der Waals surface area contributed by atoms with E-state index >= 15 is 0 Å². The van der Waals surface area contributed by atoms with E-state index in [1.807, 2.05) is 6.07 Å². The van der Waals surface area contributed by atoms with E-state index in [0.717, 1.165) is 11.8 Å². The van der Waals surface area contributed by atoms with Gasteiger partial charge in [0.2, 0.25) is 0 Å². The SMILES string of the molecule is O=C(OCc1ccccc1)c1cn(CC(F)(F)F)nc1Br. The molecule has 0 saturated carbocycles. The fraction of sp³-hybridized carbons (Fsp3) is 0.231. The number of alkyl halides is 3. The van der Waals surface area contributed by atoms with Gasteiger partial charge in [-0.2, -0.15) is 18.3 Å². The Morgan fingerprint density at radius 1 is 1.29 bits per heavy atom. The van der Waals surface area contributed by atoms with E-state index in [0.29, 0.717) is 4.68 Å². The van der Waals surface area contributed by atoms with E-state index in [9.17, 15) is 18.0 Å². The molecule has 4 nitrogen and oxygen atoms in total. The molecule has 0 radical (unpaired) electrons. The van der Waals surface area contributed by atoms with Gasteiger partial charge in [0.15, 0.2) is 0 Å². The van der Waals surface area contributed by atoms with Crippen molar-refractivity contribution in [3.8, 4) is 0 Å². The van der Waals surface area contributed by atoms with E-state index in [1.54, 1.807) is 24.3 Å². The van der Waals surface area contributed by atoms with Gasteiger partial charge in [-0.25, -0.2) is 4.79 Å². The van der Waals surface area contributed by atoms with Crippen molar-refractivity contribution in [2.45, 2.75) is 19.3 Å². The lowest BCUT2D eigenvalue weighted by Crippen LogP contribution is -2.18. The first-order valence-corrected chi connectivity index (χ1v) is 6.65. The monoisotopic (exact) mass is 362 g/mol. The molecule has 0 spiro atoms. The molecule has 21 heavy (non-hydrogen) atoms. The first-order valence-electron chi connectivity index (χ1n) is 5.86. The van der Waals surface area contributed by atoms with Crippen LogP contribution in [0.5, 0.6) is 0 Å². The predicted molar refractivity (Wildman–Crippen MR) is 71.5 cm³/mol. The van der Waals surface area contributed by atoms with Crippen LogP contribution in [0, 0.1) is 0 Å². The second-order valence-corrected chi connectivity index (χ2v) is 4.96. The Labute approximate surface area is 126 Å². The summed E-state index contributed by atoms with van der Waals surface area (Å²) in [4.78, 5) is 11.8. The van der Waals surface area contributed by atoms with E-state index in [1.165, 1.54) is 0 Å². The van der Waals surface area contributed by atoms with E-state index in [-0.39, 0.29) is 16.8 Å². The van der Waals surface area contributed by atoms with Crippen molar-refractivity contribution < 1.29 is 22.7 Å². The van der Waals surface area contributed by atoms with Gasteiger partial charge in [-0.05, 0) is 21.5 Å². The van der Waals surface area contributed by atoms with E-state index in [4.69, 9.17) is 4.74 Å². The molecule has 0 fully saturated rings. The molecule has 112 valence electrons. The van der Waals surface area contributed by atoms with Gasteiger partial charge in [0.1, 0.15) is 23.3 Å².